The van der Waals surface area contributed by atoms with E-state index in [4.69, 9.17) is 17.3 Å². The molecule has 2 aromatic rings. The summed E-state index contributed by atoms with van der Waals surface area (Å²) in [5.41, 5.74) is 7.99. The van der Waals surface area contributed by atoms with E-state index in [1.807, 2.05) is 4.90 Å². The molecule has 2 aromatic heterocycles. The lowest BCUT2D eigenvalue weighted by molar-refractivity contribution is -0.129. The number of nitrogens with two attached hydrogens (primary N) is 1. The third-order valence-corrected chi connectivity index (χ3v) is 8.90. The first-order chi connectivity index (χ1) is 18.8. The molecule has 0 bridgehead atoms. The first-order valence-electron chi connectivity index (χ1n) is 12.8. The average molecular weight is 549 g/mol. The number of ketones is 1. The first kappa shape index (κ1) is 24.1. The molecule has 1 spiro atoms. The lowest BCUT2D eigenvalue weighted by atomic mass is 9.60. The minimum Gasteiger partial charge on any atom is -0.384 e. The summed E-state index contributed by atoms with van der Waals surface area (Å²) < 4.78 is 29.9. The minimum atomic E-state index is -0.749. The summed E-state index contributed by atoms with van der Waals surface area (Å²) in [6, 6.07) is 2.79. The number of anilines is 1. The Balaban J connectivity index is 1.44. The SMILES string of the molecule is Nc1ccc(-c2cnc(C3CN4C(=O)CC5(CCC5)[C@@H]4C4=C3C3=CC(=O)C=C(F)C3=C(Cl)C=NC4)[nH]2)c(F)n1. The molecule has 198 valence electrons. The molecule has 0 radical (unpaired) electrons. The predicted octanol–water partition coefficient (Wildman–Crippen LogP) is 4.30. The summed E-state index contributed by atoms with van der Waals surface area (Å²) in [5.74, 6) is -1.99. The fraction of sp³-hybridized carbons (Fsp3) is 0.321. The summed E-state index contributed by atoms with van der Waals surface area (Å²) in [7, 11) is 0. The van der Waals surface area contributed by atoms with Gasteiger partial charge in [0.15, 0.2) is 5.78 Å². The van der Waals surface area contributed by atoms with Gasteiger partial charge in [-0.05, 0) is 47.8 Å². The van der Waals surface area contributed by atoms with Crippen LogP contribution in [0.1, 0.15) is 37.4 Å². The van der Waals surface area contributed by atoms with Crippen molar-refractivity contribution in [3.8, 4) is 11.3 Å². The summed E-state index contributed by atoms with van der Waals surface area (Å²) in [4.78, 5) is 43.8. The van der Waals surface area contributed by atoms with Crippen molar-refractivity contribution in [1.82, 2.24) is 19.9 Å². The van der Waals surface area contributed by atoms with Gasteiger partial charge in [-0.1, -0.05) is 18.0 Å². The minimum absolute atomic E-state index is 0.0522. The number of aromatic nitrogens is 3. The van der Waals surface area contributed by atoms with Gasteiger partial charge in [-0.25, -0.2) is 14.4 Å². The third kappa shape index (κ3) is 3.57. The Kier molecular flexibility index (Phi) is 5.29. The second-order valence-electron chi connectivity index (χ2n) is 10.7. The monoisotopic (exact) mass is 548 g/mol. The Bertz CT molecular complexity index is 1630. The highest BCUT2D eigenvalue weighted by Gasteiger charge is 2.59. The van der Waals surface area contributed by atoms with Crippen LogP contribution in [0.3, 0.4) is 0 Å². The highest BCUT2D eigenvalue weighted by Crippen LogP contribution is 2.59. The Labute approximate surface area is 227 Å². The molecule has 1 saturated heterocycles. The number of allylic oxidation sites excluding steroid dienone is 6. The fourth-order valence-corrected chi connectivity index (χ4v) is 7.12. The van der Waals surface area contributed by atoms with Crippen LogP contribution in [0.4, 0.5) is 14.6 Å². The van der Waals surface area contributed by atoms with E-state index in [0.29, 0.717) is 29.1 Å². The summed E-state index contributed by atoms with van der Waals surface area (Å²) >= 11 is 6.51. The largest absolute Gasteiger partial charge is 0.384 e. The second kappa shape index (κ2) is 8.54. The number of nitrogens with one attached hydrogen (secondary N) is 1. The quantitative estimate of drug-likeness (QED) is 0.543. The molecule has 2 atom stereocenters. The molecule has 1 amide bonds. The normalized spacial score (nSPS) is 25.6. The summed E-state index contributed by atoms with van der Waals surface area (Å²) in [6.45, 7) is 0.511. The van der Waals surface area contributed by atoms with Crippen LogP contribution in [0.5, 0.6) is 0 Å². The molecule has 2 aliphatic carbocycles. The number of imidazole rings is 1. The van der Waals surface area contributed by atoms with Crippen LogP contribution < -0.4 is 5.73 Å². The van der Waals surface area contributed by atoms with Crippen LogP contribution >= 0.6 is 11.6 Å². The Morgan fingerprint density at radius 2 is 2.00 bits per heavy atom. The maximum absolute atomic E-state index is 15.3. The van der Waals surface area contributed by atoms with Crippen molar-refractivity contribution < 1.29 is 18.4 Å². The number of fused-ring (bicyclic) bond motifs is 5. The molecule has 11 heteroatoms. The molecular weight excluding hydrogens is 526 g/mol. The van der Waals surface area contributed by atoms with Gasteiger partial charge in [-0.15, -0.1) is 0 Å². The standard InChI is InChI=1S/C28H23ClF2N6O2/c29-18-10-33-9-16-23(15-6-13(38)7-19(30)24(15)18)17(12-37-22(39)8-28(25(16)37)4-1-5-28)27-34-11-20(35-27)14-2-3-21(32)36-26(14)31/h2-3,6-7,10-11,17,25H,1,4-5,8-9,12H2,(H2,32,36)(H,34,35)/t17?,25-/m0/s1. The number of carbonyl (C=O) groups is 2. The zero-order valence-electron chi connectivity index (χ0n) is 20.7. The van der Waals surface area contributed by atoms with Crippen molar-refractivity contribution in [1.29, 1.82) is 0 Å². The van der Waals surface area contributed by atoms with Crippen LogP contribution in [-0.2, 0) is 9.59 Å². The Morgan fingerprint density at radius 3 is 2.74 bits per heavy atom. The molecule has 0 aromatic carbocycles. The fourth-order valence-electron chi connectivity index (χ4n) is 6.86. The number of halogens is 3. The zero-order valence-corrected chi connectivity index (χ0v) is 21.4. The number of amides is 1. The Morgan fingerprint density at radius 1 is 1.18 bits per heavy atom. The number of pyridine rings is 1. The molecule has 5 heterocycles. The van der Waals surface area contributed by atoms with Crippen molar-refractivity contribution in [3.05, 3.63) is 75.4 Å². The molecule has 2 fully saturated rings. The van der Waals surface area contributed by atoms with Gasteiger partial charge >= 0.3 is 0 Å². The molecule has 8 nitrogen and oxygen atoms in total. The number of hydrogen-bond donors (Lipinski definition) is 2. The number of nitrogens with zero attached hydrogens (tertiary/aromatic N) is 4. The van der Waals surface area contributed by atoms with Gasteiger partial charge in [0.1, 0.15) is 17.5 Å². The molecule has 1 unspecified atom stereocenters. The average Bonchev–Trinajstić information content (AvgIpc) is 3.45. The van der Waals surface area contributed by atoms with Gasteiger partial charge in [-0.3, -0.25) is 14.6 Å². The predicted molar refractivity (Wildman–Crippen MR) is 141 cm³/mol. The van der Waals surface area contributed by atoms with E-state index in [-0.39, 0.29) is 52.4 Å². The van der Waals surface area contributed by atoms with Gasteiger partial charge in [0.25, 0.3) is 0 Å². The second-order valence-corrected chi connectivity index (χ2v) is 11.1. The van der Waals surface area contributed by atoms with Crippen LogP contribution in [0.2, 0.25) is 0 Å². The van der Waals surface area contributed by atoms with Crippen molar-refractivity contribution in [2.24, 2.45) is 10.4 Å². The lowest BCUT2D eigenvalue weighted by Gasteiger charge is -2.49. The van der Waals surface area contributed by atoms with Gasteiger partial charge in [-0.2, -0.15) is 4.39 Å². The van der Waals surface area contributed by atoms with E-state index < -0.39 is 23.5 Å². The van der Waals surface area contributed by atoms with E-state index in [2.05, 4.69) is 19.9 Å². The van der Waals surface area contributed by atoms with E-state index in [1.165, 1.54) is 30.6 Å². The van der Waals surface area contributed by atoms with E-state index in [9.17, 15) is 14.0 Å². The van der Waals surface area contributed by atoms with E-state index in [1.54, 1.807) is 0 Å². The summed E-state index contributed by atoms with van der Waals surface area (Å²) in [6.07, 6.45) is 8.51. The van der Waals surface area contributed by atoms with Gasteiger partial charge in [0.2, 0.25) is 11.9 Å². The highest BCUT2D eigenvalue weighted by molar-refractivity contribution is 6.40. The molecule has 39 heavy (non-hydrogen) atoms. The van der Waals surface area contributed by atoms with Gasteiger partial charge in [0.05, 0.1) is 41.0 Å². The lowest BCUT2D eigenvalue weighted by Crippen LogP contribution is -2.51. The zero-order chi connectivity index (χ0) is 27.1. The number of aliphatic imine (C=N–C) groups is 1. The van der Waals surface area contributed by atoms with Crippen molar-refractivity contribution in [2.75, 3.05) is 18.8 Å². The van der Waals surface area contributed by atoms with Crippen LogP contribution in [0.15, 0.2) is 68.6 Å². The molecule has 1 saturated carbocycles. The molecule has 3 N–H and O–H groups in total. The summed E-state index contributed by atoms with van der Waals surface area (Å²) in [5, 5.41) is 0.0891. The van der Waals surface area contributed by atoms with Crippen molar-refractivity contribution in [2.45, 2.75) is 37.6 Å². The highest BCUT2D eigenvalue weighted by atomic mass is 35.5. The number of aromatic amines is 1. The van der Waals surface area contributed by atoms with Crippen LogP contribution in [-0.4, -0.2) is 56.9 Å². The number of H-pyrrole nitrogens is 1. The van der Waals surface area contributed by atoms with Crippen LogP contribution in [0, 0.1) is 11.4 Å². The van der Waals surface area contributed by atoms with E-state index >= 15 is 4.39 Å². The molecule has 7 rings (SSSR count). The molecular formula is C28H23ClF2N6O2. The van der Waals surface area contributed by atoms with Gasteiger partial charge < -0.3 is 15.6 Å². The first-order valence-corrected chi connectivity index (χ1v) is 13.2. The number of hydrogen-bond acceptors (Lipinski definition) is 6. The number of carbonyl (C=O) groups excluding carboxylic acids is 2. The third-order valence-electron chi connectivity index (χ3n) is 8.61. The molecule has 5 aliphatic rings. The van der Waals surface area contributed by atoms with Gasteiger partial charge in [0, 0.05) is 36.2 Å². The Hall–Kier alpha value is -3.92. The smallest absolute Gasteiger partial charge is 0.224 e. The van der Waals surface area contributed by atoms with Crippen molar-refractivity contribution >= 4 is 35.3 Å². The maximum Gasteiger partial charge on any atom is 0.224 e. The van der Waals surface area contributed by atoms with Crippen molar-refractivity contribution in [3.63, 3.8) is 0 Å². The maximum atomic E-state index is 15.3. The number of nitrogen functional groups attached to an aromatic ring is 1. The number of rotatable bonds is 2. The molecule has 3 aliphatic heterocycles. The van der Waals surface area contributed by atoms with E-state index in [0.717, 1.165) is 30.9 Å². The topological polar surface area (TPSA) is 117 Å². The van der Waals surface area contributed by atoms with Crippen LogP contribution in [0.25, 0.3) is 11.3 Å².